The maximum absolute atomic E-state index is 14.0. The molecule has 0 bridgehead atoms. The molecule has 0 saturated heterocycles. The number of ether oxygens (including phenoxy) is 2. The van der Waals surface area contributed by atoms with Gasteiger partial charge in [-0.05, 0) is 44.9 Å². The number of hydrogen-bond donors (Lipinski definition) is 1. The molecule has 5 nitrogen and oxygen atoms in total. The minimum absolute atomic E-state index is 0.207. The molecule has 0 aliphatic carbocycles. The van der Waals surface area contributed by atoms with Gasteiger partial charge in [-0.2, -0.15) is 0 Å². The van der Waals surface area contributed by atoms with Gasteiger partial charge in [-0.15, -0.1) is 0 Å². The number of carbonyl (C=O) groups excluding carboxylic acids is 1. The summed E-state index contributed by atoms with van der Waals surface area (Å²) in [5.74, 6) is -0.639. The fourth-order valence-electron chi connectivity index (χ4n) is 2.13. The summed E-state index contributed by atoms with van der Waals surface area (Å²) in [5, 5.41) is 0. The van der Waals surface area contributed by atoms with E-state index in [4.69, 9.17) is 15.2 Å². The van der Waals surface area contributed by atoms with Gasteiger partial charge in [0.15, 0.2) is 0 Å². The van der Waals surface area contributed by atoms with Gasteiger partial charge in [-0.1, -0.05) is 6.07 Å². The molecule has 0 aliphatic heterocycles. The number of esters is 1. The summed E-state index contributed by atoms with van der Waals surface area (Å²) < 4.78 is 24.6. The van der Waals surface area contributed by atoms with Gasteiger partial charge in [0.2, 0.25) is 0 Å². The fourth-order valence-corrected chi connectivity index (χ4v) is 2.13. The molecule has 6 heteroatoms. The molecule has 0 unspecified atom stereocenters. The van der Waals surface area contributed by atoms with E-state index in [9.17, 15) is 9.18 Å². The molecule has 2 N–H and O–H groups in total. The van der Waals surface area contributed by atoms with Crippen LogP contribution in [0.1, 0.15) is 38.3 Å². The Kier molecular flexibility index (Phi) is 8.28. The second-order valence-corrected chi connectivity index (χ2v) is 6.52. The Labute approximate surface area is 148 Å². The van der Waals surface area contributed by atoms with Gasteiger partial charge >= 0.3 is 5.97 Å². The molecule has 1 rings (SSSR count). The first-order chi connectivity index (χ1) is 11.8. The molecular weight excluding hydrogens is 323 g/mol. The molecule has 1 aromatic carbocycles. The second kappa shape index (κ2) is 9.93. The Morgan fingerprint density at radius 3 is 2.64 bits per heavy atom. The second-order valence-electron chi connectivity index (χ2n) is 6.52. The van der Waals surface area contributed by atoms with Crippen molar-refractivity contribution in [3.8, 4) is 0 Å². The third-order valence-corrected chi connectivity index (χ3v) is 3.20. The van der Waals surface area contributed by atoms with E-state index in [1.807, 2.05) is 20.8 Å². The van der Waals surface area contributed by atoms with Crippen molar-refractivity contribution in [2.24, 2.45) is 10.7 Å². The van der Waals surface area contributed by atoms with Gasteiger partial charge in [-0.3, -0.25) is 9.79 Å². The van der Waals surface area contributed by atoms with Crippen LogP contribution in [-0.4, -0.2) is 38.0 Å². The van der Waals surface area contributed by atoms with Crippen LogP contribution < -0.4 is 5.73 Å². The van der Waals surface area contributed by atoms with Crippen LogP contribution >= 0.6 is 0 Å². The van der Waals surface area contributed by atoms with Crippen LogP contribution in [0.4, 0.5) is 4.39 Å². The first-order valence-corrected chi connectivity index (χ1v) is 8.19. The lowest BCUT2D eigenvalue weighted by Crippen LogP contribution is -2.24. The first kappa shape index (κ1) is 20.8. The zero-order valence-corrected chi connectivity index (χ0v) is 15.3. The zero-order valence-electron chi connectivity index (χ0n) is 15.3. The largest absolute Gasteiger partial charge is 0.460 e. The lowest BCUT2D eigenvalue weighted by atomic mass is 10.0. The molecular formula is C19H27FN2O3. The molecule has 0 fully saturated rings. The zero-order chi connectivity index (χ0) is 18.9. The van der Waals surface area contributed by atoms with E-state index in [1.54, 1.807) is 19.2 Å². The summed E-state index contributed by atoms with van der Waals surface area (Å²) in [6.45, 7) is 6.19. The Hall–Kier alpha value is -2.21. The van der Waals surface area contributed by atoms with Crippen molar-refractivity contribution in [2.75, 3.05) is 20.3 Å². The average Bonchev–Trinajstić information content (AvgIpc) is 2.52. The molecule has 25 heavy (non-hydrogen) atoms. The van der Waals surface area contributed by atoms with Crippen molar-refractivity contribution in [3.05, 3.63) is 41.3 Å². The van der Waals surface area contributed by atoms with Crippen LogP contribution in [0.25, 0.3) is 5.57 Å². The Morgan fingerprint density at radius 1 is 1.32 bits per heavy atom. The lowest BCUT2D eigenvalue weighted by Gasteiger charge is -2.19. The molecule has 0 aromatic heterocycles. The number of nitrogens with zero attached hydrogens (tertiary/aromatic N) is 1. The number of rotatable bonds is 8. The van der Waals surface area contributed by atoms with Crippen LogP contribution in [0, 0.1) is 5.82 Å². The molecule has 0 radical (unpaired) electrons. The number of benzene rings is 1. The summed E-state index contributed by atoms with van der Waals surface area (Å²) in [6, 6.07) is 4.83. The fraction of sp³-hybridized carbons (Fsp3) is 0.474. The average molecular weight is 350 g/mol. The van der Waals surface area contributed by atoms with Crippen molar-refractivity contribution in [2.45, 2.75) is 39.2 Å². The third-order valence-electron chi connectivity index (χ3n) is 3.20. The molecule has 0 atom stereocenters. The van der Waals surface area contributed by atoms with Crippen molar-refractivity contribution in [1.82, 2.24) is 0 Å². The lowest BCUT2D eigenvalue weighted by molar-refractivity contribution is -0.156. The van der Waals surface area contributed by atoms with E-state index < -0.39 is 5.60 Å². The number of carbonyl (C=O) groups is 1. The number of hydrogen-bond acceptors (Lipinski definition) is 5. The topological polar surface area (TPSA) is 73.9 Å². The van der Waals surface area contributed by atoms with Gasteiger partial charge in [0.05, 0.1) is 19.6 Å². The summed E-state index contributed by atoms with van der Waals surface area (Å²) in [4.78, 5) is 15.4. The first-order valence-electron chi connectivity index (χ1n) is 8.19. The molecule has 1 aromatic rings. The Balaban J connectivity index is 2.50. The van der Waals surface area contributed by atoms with Gasteiger partial charge < -0.3 is 15.2 Å². The van der Waals surface area contributed by atoms with E-state index in [0.717, 1.165) is 5.56 Å². The number of halogens is 1. The van der Waals surface area contributed by atoms with Crippen LogP contribution in [0.2, 0.25) is 0 Å². The summed E-state index contributed by atoms with van der Waals surface area (Å²) in [6.07, 6.45) is 3.65. The molecule has 0 aliphatic rings. The van der Waals surface area contributed by atoms with E-state index in [0.29, 0.717) is 30.8 Å². The molecule has 0 heterocycles. The summed E-state index contributed by atoms with van der Waals surface area (Å²) in [5.41, 5.74) is 6.88. The predicted molar refractivity (Wildman–Crippen MR) is 98.0 cm³/mol. The van der Waals surface area contributed by atoms with E-state index in [-0.39, 0.29) is 18.2 Å². The number of allylic oxidation sites excluding steroid dienone is 1. The third kappa shape index (κ3) is 7.94. The van der Waals surface area contributed by atoms with E-state index in [2.05, 4.69) is 4.99 Å². The van der Waals surface area contributed by atoms with Crippen molar-refractivity contribution in [1.29, 1.82) is 0 Å². The van der Waals surface area contributed by atoms with E-state index in [1.165, 1.54) is 18.5 Å². The highest BCUT2D eigenvalue weighted by Gasteiger charge is 2.15. The van der Waals surface area contributed by atoms with Crippen molar-refractivity contribution < 1.29 is 18.7 Å². The molecule has 0 amide bonds. The summed E-state index contributed by atoms with van der Waals surface area (Å²) in [7, 11) is 1.60. The maximum Gasteiger partial charge on any atom is 0.308 e. The van der Waals surface area contributed by atoms with Crippen LogP contribution in [0.3, 0.4) is 0 Å². The highest BCUT2D eigenvalue weighted by atomic mass is 19.1. The Bertz CT molecular complexity index is 634. The highest BCUT2D eigenvalue weighted by molar-refractivity contribution is 6.09. The maximum atomic E-state index is 14.0. The number of aliphatic imine (C=N–C) groups is 1. The monoisotopic (exact) mass is 350 g/mol. The van der Waals surface area contributed by atoms with Crippen LogP contribution in [0.15, 0.2) is 29.4 Å². The normalized spacial score (nSPS) is 12.6. The summed E-state index contributed by atoms with van der Waals surface area (Å²) >= 11 is 0. The van der Waals surface area contributed by atoms with Crippen LogP contribution in [-0.2, 0) is 20.7 Å². The van der Waals surface area contributed by atoms with Crippen molar-refractivity contribution >= 4 is 17.8 Å². The predicted octanol–water partition coefficient (Wildman–Crippen LogP) is 3.12. The highest BCUT2D eigenvalue weighted by Crippen LogP contribution is 2.18. The van der Waals surface area contributed by atoms with Crippen LogP contribution in [0.5, 0.6) is 0 Å². The standard InChI is InChI=1S/C19H27FN2O3/c1-19(2,3)25-18(23)8-10-24-9-7-14-5-6-17(20)16(11-14)15(12-21)13-22-4/h5-6,11-13H,7-10,21H2,1-4H3. The number of nitrogens with two attached hydrogens (primary N) is 1. The van der Waals surface area contributed by atoms with Crippen molar-refractivity contribution in [3.63, 3.8) is 0 Å². The van der Waals surface area contributed by atoms with Gasteiger partial charge in [0.1, 0.15) is 11.4 Å². The SMILES string of the molecule is CN=CC(=CN)c1cc(CCOCCC(=O)OC(C)(C)C)ccc1F. The molecule has 0 saturated carbocycles. The van der Waals surface area contributed by atoms with Gasteiger partial charge in [-0.25, -0.2) is 4.39 Å². The smallest absolute Gasteiger partial charge is 0.308 e. The molecule has 0 spiro atoms. The molecule has 138 valence electrons. The van der Waals surface area contributed by atoms with Gasteiger partial charge in [0.25, 0.3) is 0 Å². The van der Waals surface area contributed by atoms with Gasteiger partial charge in [0, 0.05) is 30.6 Å². The minimum Gasteiger partial charge on any atom is -0.460 e. The minimum atomic E-state index is -0.488. The quantitative estimate of drug-likeness (QED) is 0.444. The Morgan fingerprint density at radius 2 is 2.04 bits per heavy atom. The van der Waals surface area contributed by atoms with E-state index >= 15 is 0 Å².